The van der Waals surface area contributed by atoms with E-state index in [4.69, 9.17) is 4.74 Å². The lowest BCUT2D eigenvalue weighted by Crippen LogP contribution is -2.16. The first-order chi connectivity index (χ1) is 12.1. The van der Waals surface area contributed by atoms with E-state index in [2.05, 4.69) is 11.7 Å². The Morgan fingerprint density at radius 2 is 1.24 bits per heavy atom. The molecule has 0 saturated carbocycles. The third-order valence-corrected chi connectivity index (χ3v) is 4.60. The number of unbranched alkanes of at least 4 members (excludes halogenated alkanes) is 10. The van der Waals surface area contributed by atoms with Gasteiger partial charge in [-0.3, -0.25) is 9.59 Å². The van der Waals surface area contributed by atoms with Gasteiger partial charge in [-0.05, 0) is 32.1 Å². The lowest BCUT2D eigenvalue weighted by molar-refractivity contribution is -0.147. The Kier molecular flexibility index (Phi) is 17.0. The highest BCUT2D eigenvalue weighted by molar-refractivity contribution is 5.68. The highest BCUT2D eigenvalue weighted by atomic mass is 16.5. The Morgan fingerprint density at radius 3 is 1.72 bits per heavy atom. The molecular formula is C21H40O4. The molecule has 0 aromatic heterocycles. The molecule has 0 unspecified atom stereocenters. The van der Waals surface area contributed by atoms with E-state index in [0.29, 0.717) is 6.42 Å². The fraction of sp³-hybridized carbons (Fsp3) is 0.905. The molecule has 0 fully saturated rings. The minimum absolute atomic E-state index is 0.1000. The Hall–Kier alpha value is -1.06. The standard InChI is InChI=1S/C21H40O4/c1-4-5-6-13-16-20(25-19(2)22)17-14-11-9-7-8-10-12-15-18-21(23)24-3/h20H,4-18H2,1-3H3/t20-/m0/s1. The monoisotopic (exact) mass is 356 g/mol. The molecule has 25 heavy (non-hydrogen) atoms. The van der Waals surface area contributed by atoms with Crippen molar-refractivity contribution in [2.45, 2.75) is 116 Å². The maximum Gasteiger partial charge on any atom is 0.305 e. The van der Waals surface area contributed by atoms with Gasteiger partial charge in [0.15, 0.2) is 0 Å². The summed E-state index contributed by atoms with van der Waals surface area (Å²) in [4.78, 5) is 22.2. The van der Waals surface area contributed by atoms with E-state index in [1.54, 1.807) is 0 Å². The number of esters is 2. The molecule has 0 spiro atoms. The van der Waals surface area contributed by atoms with Crippen molar-refractivity contribution in [3.05, 3.63) is 0 Å². The molecule has 0 radical (unpaired) electrons. The van der Waals surface area contributed by atoms with Gasteiger partial charge < -0.3 is 9.47 Å². The Labute approximate surface area is 155 Å². The lowest BCUT2D eigenvalue weighted by atomic mass is 10.0. The maximum atomic E-state index is 11.2. The van der Waals surface area contributed by atoms with Crippen LogP contribution in [0.15, 0.2) is 0 Å². The van der Waals surface area contributed by atoms with Gasteiger partial charge in [0.2, 0.25) is 0 Å². The van der Waals surface area contributed by atoms with Crippen molar-refractivity contribution in [2.24, 2.45) is 0 Å². The van der Waals surface area contributed by atoms with Crippen LogP contribution in [0, 0.1) is 0 Å². The van der Waals surface area contributed by atoms with E-state index in [1.165, 1.54) is 65.4 Å². The third kappa shape index (κ3) is 17.6. The fourth-order valence-electron chi connectivity index (χ4n) is 3.10. The van der Waals surface area contributed by atoms with Crippen molar-refractivity contribution in [1.29, 1.82) is 0 Å². The molecule has 0 amide bonds. The summed E-state index contributed by atoms with van der Waals surface area (Å²) in [6.07, 6.45) is 17.0. The first-order valence-electron chi connectivity index (χ1n) is 10.3. The van der Waals surface area contributed by atoms with Crippen LogP contribution in [-0.2, 0) is 19.1 Å². The second kappa shape index (κ2) is 17.8. The molecule has 4 nitrogen and oxygen atoms in total. The van der Waals surface area contributed by atoms with Crippen LogP contribution < -0.4 is 0 Å². The van der Waals surface area contributed by atoms with E-state index in [1.807, 2.05) is 0 Å². The zero-order valence-corrected chi connectivity index (χ0v) is 16.8. The molecule has 1 atom stereocenters. The van der Waals surface area contributed by atoms with Crippen molar-refractivity contribution in [2.75, 3.05) is 7.11 Å². The van der Waals surface area contributed by atoms with Crippen LogP contribution in [0.3, 0.4) is 0 Å². The summed E-state index contributed by atoms with van der Waals surface area (Å²) in [6, 6.07) is 0. The summed E-state index contributed by atoms with van der Waals surface area (Å²) in [6.45, 7) is 3.72. The van der Waals surface area contributed by atoms with E-state index in [0.717, 1.165) is 38.5 Å². The molecule has 4 heteroatoms. The van der Waals surface area contributed by atoms with Crippen molar-refractivity contribution < 1.29 is 19.1 Å². The number of hydrogen-bond acceptors (Lipinski definition) is 4. The summed E-state index contributed by atoms with van der Waals surface area (Å²) in [5.74, 6) is -0.246. The number of ether oxygens (including phenoxy) is 2. The SMILES string of the molecule is CCCCCC[C@@H](CCCCCCCCCCC(=O)OC)OC(C)=O. The van der Waals surface area contributed by atoms with E-state index >= 15 is 0 Å². The molecule has 0 aromatic rings. The van der Waals surface area contributed by atoms with Gasteiger partial charge in [-0.25, -0.2) is 0 Å². The minimum Gasteiger partial charge on any atom is -0.469 e. The molecule has 0 aliphatic heterocycles. The Balaban J connectivity index is 3.53. The van der Waals surface area contributed by atoms with Crippen LogP contribution in [-0.4, -0.2) is 25.2 Å². The number of rotatable bonds is 17. The van der Waals surface area contributed by atoms with E-state index < -0.39 is 0 Å². The molecule has 0 bridgehead atoms. The van der Waals surface area contributed by atoms with E-state index in [9.17, 15) is 9.59 Å². The van der Waals surface area contributed by atoms with Crippen molar-refractivity contribution >= 4 is 11.9 Å². The smallest absolute Gasteiger partial charge is 0.305 e. The summed E-state index contributed by atoms with van der Waals surface area (Å²) in [5, 5.41) is 0. The molecule has 148 valence electrons. The normalized spacial score (nSPS) is 12.0. The topological polar surface area (TPSA) is 52.6 Å². The van der Waals surface area contributed by atoms with Crippen LogP contribution in [0.5, 0.6) is 0 Å². The van der Waals surface area contributed by atoms with Gasteiger partial charge in [0.05, 0.1) is 7.11 Å². The highest BCUT2D eigenvalue weighted by Crippen LogP contribution is 2.16. The lowest BCUT2D eigenvalue weighted by Gasteiger charge is -2.17. The molecule has 0 aromatic carbocycles. The van der Waals surface area contributed by atoms with E-state index in [-0.39, 0.29) is 18.0 Å². The summed E-state index contributed by atoms with van der Waals surface area (Å²) in [7, 11) is 1.44. The van der Waals surface area contributed by atoms with Gasteiger partial charge >= 0.3 is 11.9 Å². The quantitative estimate of drug-likeness (QED) is 0.238. The Bertz CT molecular complexity index is 328. The molecule has 0 aliphatic carbocycles. The number of carbonyl (C=O) groups excluding carboxylic acids is 2. The third-order valence-electron chi connectivity index (χ3n) is 4.60. The zero-order valence-electron chi connectivity index (χ0n) is 16.8. The van der Waals surface area contributed by atoms with Gasteiger partial charge in [0, 0.05) is 13.3 Å². The average molecular weight is 357 g/mol. The number of hydrogen-bond donors (Lipinski definition) is 0. The van der Waals surface area contributed by atoms with Crippen LogP contribution in [0.1, 0.15) is 110 Å². The molecule has 0 saturated heterocycles. The molecule has 0 N–H and O–H groups in total. The largest absolute Gasteiger partial charge is 0.469 e. The van der Waals surface area contributed by atoms with Crippen molar-refractivity contribution in [1.82, 2.24) is 0 Å². The fourth-order valence-corrected chi connectivity index (χ4v) is 3.10. The molecule has 0 rings (SSSR count). The second-order valence-electron chi connectivity index (χ2n) is 7.02. The average Bonchev–Trinajstić information content (AvgIpc) is 2.59. The van der Waals surface area contributed by atoms with Crippen molar-refractivity contribution in [3.8, 4) is 0 Å². The zero-order chi connectivity index (χ0) is 18.8. The van der Waals surface area contributed by atoms with Crippen LogP contribution >= 0.6 is 0 Å². The van der Waals surface area contributed by atoms with Gasteiger partial charge in [0.25, 0.3) is 0 Å². The predicted molar refractivity (Wildman–Crippen MR) is 102 cm³/mol. The van der Waals surface area contributed by atoms with Gasteiger partial charge in [-0.15, -0.1) is 0 Å². The highest BCUT2D eigenvalue weighted by Gasteiger charge is 2.11. The predicted octanol–water partition coefficient (Wildman–Crippen LogP) is 5.96. The van der Waals surface area contributed by atoms with Crippen LogP contribution in [0.4, 0.5) is 0 Å². The summed E-state index contributed by atoms with van der Waals surface area (Å²) >= 11 is 0. The maximum absolute atomic E-state index is 11.2. The van der Waals surface area contributed by atoms with Gasteiger partial charge in [0.1, 0.15) is 6.10 Å². The number of carbonyl (C=O) groups is 2. The van der Waals surface area contributed by atoms with Crippen molar-refractivity contribution in [3.63, 3.8) is 0 Å². The minimum atomic E-state index is -0.146. The first kappa shape index (κ1) is 23.9. The second-order valence-corrected chi connectivity index (χ2v) is 7.02. The number of methoxy groups -OCH3 is 1. The molecule has 0 heterocycles. The van der Waals surface area contributed by atoms with Crippen LogP contribution in [0.2, 0.25) is 0 Å². The summed E-state index contributed by atoms with van der Waals surface area (Å²) < 4.78 is 10.1. The first-order valence-corrected chi connectivity index (χ1v) is 10.3. The van der Waals surface area contributed by atoms with Gasteiger partial charge in [-0.1, -0.05) is 64.7 Å². The molecular weight excluding hydrogens is 316 g/mol. The van der Waals surface area contributed by atoms with Gasteiger partial charge in [-0.2, -0.15) is 0 Å². The summed E-state index contributed by atoms with van der Waals surface area (Å²) in [5.41, 5.74) is 0. The van der Waals surface area contributed by atoms with Crippen LogP contribution in [0.25, 0.3) is 0 Å². The molecule has 0 aliphatic rings. The Morgan fingerprint density at radius 1 is 0.760 bits per heavy atom.